The van der Waals surface area contributed by atoms with E-state index in [-0.39, 0.29) is 11.5 Å². The number of aryl methyl sites for hydroxylation is 1. The van der Waals surface area contributed by atoms with Crippen LogP contribution in [0, 0.1) is 6.92 Å². The van der Waals surface area contributed by atoms with Crippen molar-refractivity contribution in [3.05, 3.63) is 75.8 Å². The van der Waals surface area contributed by atoms with E-state index in [2.05, 4.69) is 29.9 Å². The first-order valence-corrected chi connectivity index (χ1v) is 12.1. The number of benzene rings is 2. The third kappa shape index (κ3) is 4.34. The minimum absolute atomic E-state index is 0.227. The fraction of sp³-hybridized carbons (Fsp3) is 0.321. The Morgan fingerprint density at radius 2 is 1.89 bits per heavy atom. The van der Waals surface area contributed by atoms with Crippen LogP contribution >= 0.6 is 0 Å². The van der Waals surface area contributed by atoms with Crippen molar-refractivity contribution in [2.24, 2.45) is 5.10 Å². The maximum absolute atomic E-state index is 13.6. The number of hydrogen-bond acceptors (Lipinski definition) is 6. The molecular formula is C28H30N4O3. The molecule has 1 aliphatic rings. The quantitative estimate of drug-likeness (QED) is 0.344. The lowest BCUT2D eigenvalue weighted by atomic mass is 9.96. The molecule has 7 heteroatoms. The highest BCUT2D eigenvalue weighted by atomic mass is 16.5. The minimum atomic E-state index is -0.227. The molecule has 7 nitrogen and oxygen atoms in total. The van der Waals surface area contributed by atoms with Gasteiger partial charge in [0.05, 0.1) is 24.2 Å². The van der Waals surface area contributed by atoms with Crippen LogP contribution in [-0.2, 0) is 0 Å². The summed E-state index contributed by atoms with van der Waals surface area (Å²) in [5.41, 5.74) is 3.25. The van der Waals surface area contributed by atoms with Gasteiger partial charge in [0.2, 0.25) is 0 Å². The molecule has 4 aromatic rings. The monoisotopic (exact) mass is 470 g/mol. The zero-order valence-corrected chi connectivity index (χ0v) is 20.6. The molecule has 1 aliphatic heterocycles. The van der Waals surface area contributed by atoms with E-state index >= 15 is 0 Å². The lowest BCUT2D eigenvalue weighted by molar-refractivity contribution is 0.407. The molecule has 0 spiro atoms. The van der Waals surface area contributed by atoms with Gasteiger partial charge in [-0.1, -0.05) is 26.0 Å². The maximum Gasteiger partial charge on any atom is 0.282 e. The standard InChI is InChI=1S/C28H30N4O3/c1-18(2)22-16-23(19(3)15-25(22)34-4)27-30-24-10-6-5-9-21(24)28(33)32(27)29-17-20-11-12-26(35-20)31-13-7-8-14-31/h5-6,9-12,15-18H,7-8,13-14H2,1-4H3. The number of nitrogens with zero attached hydrogens (tertiary/aromatic N) is 4. The fourth-order valence-electron chi connectivity index (χ4n) is 4.61. The van der Waals surface area contributed by atoms with E-state index in [9.17, 15) is 4.79 Å². The molecular weight excluding hydrogens is 440 g/mol. The van der Waals surface area contributed by atoms with Crippen LogP contribution in [0.5, 0.6) is 5.75 Å². The van der Waals surface area contributed by atoms with Crippen LogP contribution in [0.1, 0.15) is 49.5 Å². The van der Waals surface area contributed by atoms with E-state index in [0.717, 1.165) is 41.4 Å². The molecule has 180 valence electrons. The normalized spacial score (nSPS) is 14.0. The second-order valence-electron chi connectivity index (χ2n) is 9.25. The summed E-state index contributed by atoms with van der Waals surface area (Å²) in [5.74, 6) is 2.97. The third-order valence-corrected chi connectivity index (χ3v) is 6.52. The van der Waals surface area contributed by atoms with Gasteiger partial charge in [-0.2, -0.15) is 9.78 Å². The number of anilines is 1. The zero-order chi connectivity index (χ0) is 24.5. The van der Waals surface area contributed by atoms with Crippen LogP contribution < -0.4 is 15.2 Å². The molecule has 0 aliphatic carbocycles. The Kier molecular flexibility index (Phi) is 6.16. The van der Waals surface area contributed by atoms with Crippen molar-refractivity contribution >= 4 is 23.0 Å². The molecule has 0 amide bonds. The number of aromatic nitrogens is 2. The summed E-state index contributed by atoms with van der Waals surface area (Å²) < 4.78 is 13.0. The number of rotatable bonds is 6. The molecule has 0 unspecified atom stereocenters. The summed E-state index contributed by atoms with van der Waals surface area (Å²) in [4.78, 5) is 20.7. The molecule has 1 saturated heterocycles. The van der Waals surface area contributed by atoms with Crippen LogP contribution in [0.4, 0.5) is 5.88 Å². The van der Waals surface area contributed by atoms with Crippen molar-refractivity contribution in [1.82, 2.24) is 9.66 Å². The lowest BCUT2D eigenvalue weighted by Gasteiger charge is -2.17. The number of ether oxygens (including phenoxy) is 1. The van der Waals surface area contributed by atoms with E-state index in [1.807, 2.05) is 43.3 Å². The van der Waals surface area contributed by atoms with Gasteiger partial charge in [-0.25, -0.2) is 4.98 Å². The van der Waals surface area contributed by atoms with Crippen LogP contribution in [0.3, 0.4) is 0 Å². The van der Waals surface area contributed by atoms with Crippen LogP contribution in [0.15, 0.2) is 62.8 Å². The highest BCUT2D eigenvalue weighted by Gasteiger charge is 2.19. The van der Waals surface area contributed by atoms with Gasteiger partial charge in [0.25, 0.3) is 5.56 Å². The molecule has 5 rings (SSSR count). The second-order valence-corrected chi connectivity index (χ2v) is 9.25. The molecule has 0 atom stereocenters. The summed E-state index contributed by atoms with van der Waals surface area (Å²) in [5, 5.41) is 5.09. The van der Waals surface area contributed by atoms with Gasteiger partial charge in [-0.3, -0.25) is 4.79 Å². The molecule has 2 aromatic heterocycles. The highest BCUT2D eigenvalue weighted by molar-refractivity contribution is 5.81. The fourth-order valence-corrected chi connectivity index (χ4v) is 4.61. The summed E-state index contributed by atoms with van der Waals surface area (Å²) in [6.45, 7) is 8.22. The molecule has 35 heavy (non-hydrogen) atoms. The van der Waals surface area contributed by atoms with E-state index < -0.39 is 0 Å². The van der Waals surface area contributed by atoms with E-state index in [1.165, 1.54) is 17.5 Å². The van der Waals surface area contributed by atoms with E-state index in [1.54, 1.807) is 19.4 Å². The first-order chi connectivity index (χ1) is 17.0. The predicted octanol–water partition coefficient (Wildman–Crippen LogP) is 5.58. The van der Waals surface area contributed by atoms with Crippen LogP contribution in [0.25, 0.3) is 22.3 Å². The summed E-state index contributed by atoms with van der Waals surface area (Å²) in [6, 6.07) is 15.2. The van der Waals surface area contributed by atoms with Crippen LogP contribution in [0.2, 0.25) is 0 Å². The lowest BCUT2D eigenvalue weighted by Crippen LogP contribution is -2.20. The molecule has 0 radical (unpaired) electrons. The average Bonchev–Trinajstić information content (AvgIpc) is 3.55. The average molecular weight is 471 g/mol. The van der Waals surface area contributed by atoms with Gasteiger partial charge >= 0.3 is 0 Å². The Morgan fingerprint density at radius 3 is 2.63 bits per heavy atom. The first kappa shape index (κ1) is 22.9. The summed E-state index contributed by atoms with van der Waals surface area (Å²) in [6.07, 6.45) is 3.93. The minimum Gasteiger partial charge on any atom is -0.496 e. The topological polar surface area (TPSA) is 72.9 Å². The van der Waals surface area contributed by atoms with Crippen molar-refractivity contribution in [3.8, 4) is 17.1 Å². The van der Waals surface area contributed by atoms with Crippen LogP contribution in [-0.4, -0.2) is 36.1 Å². The smallest absolute Gasteiger partial charge is 0.282 e. The number of furan rings is 1. The molecule has 1 fully saturated rings. The van der Waals surface area contributed by atoms with Gasteiger partial charge in [0.15, 0.2) is 11.7 Å². The van der Waals surface area contributed by atoms with Crippen molar-refractivity contribution in [2.45, 2.75) is 39.5 Å². The van der Waals surface area contributed by atoms with Crippen molar-refractivity contribution in [2.75, 3.05) is 25.1 Å². The van der Waals surface area contributed by atoms with Gasteiger partial charge in [0, 0.05) is 24.7 Å². The number of para-hydroxylation sites is 1. The molecule has 2 aromatic carbocycles. The predicted molar refractivity (Wildman–Crippen MR) is 140 cm³/mol. The van der Waals surface area contributed by atoms with Gasteiger partial charge in [-0.15, -0.1) is 0 Å². The SMILES string of the molecule is COc1cc(C)c(-c2nc3ccccc3c(=O)n2N=Cc2ccc(N3CCCC3)o2)cc1C(C)C. The number of methoxy groups -OCH3 is 1. The van der Waals surface area contributed by atoms with Gasteiger partial charge < -0.3 is 14.1 Å². The largest absolute Gasteiger partial charge is 0.496 e. The molecule has 0 bridgehead atoms. The third-order valence-electron chi connectivity index (χ3n) is 6.52. The molecule has 3 heterocycles. The Labute approximate surface area is 204 Å². The van der Waals surface area contributed by atoms with E-state index in [0.29, 0.717) is 22.5 Å². The number of fused-ring (bicyclic) bond motifs is 1. The summed E-state index contributed by atoms with van der Waals surface area (Å²) >= 11 is 0. The second kappa shape index (κ2) is 9.41. The molecule has 0 saturated carbocycles. The Hall–Kier alpha value is -3.87. The maximum atomic E-state index is 13.6. The zero-order valence-electron chi connectivity index (χ0n) is 20.6. The van der Waals surface area contributed by atoms with Crippen molar-refractivity contribution < 1.29 is 9.15 Å². The van der Waals surface area contributed by atoms with Gasteiger partial charge in [-0.05, 0) is 67.1 Å². The molecule has 0 N–H and O–H groups in total. The Morgan fingerprint density at radius 1 is 1.11 bits per heavy atom. The van der Waals surface area contributed by atoms with Crippen molar-refractivity contribution in [1.29, 1.82) is 0 Å². The number of hydrogen-bond donors (Lipinski definition) is 0. The summed E-state index contributed by atoms with van der Waals surface area (Å²) in [7, 11) is 1.68. The van der Waals surface area contributed by atoms with Crippen molar-refractivity contribution in [3.63, 3.8) is 0 Å². The Balaban J connectivity index is 1.65. The Bertz CT molecular complexity index is 1460. The highest BCUT2D eigenvalue weighted by Crippen LogP contribution is 2.34. The van der Waals surface area contributed by atoms with Gasteiger partial charge in [0.1, 0.15) is 11.5 Å². The van der Waals surface area contributed by atoms with E-state index in [4.69, 9.17) is 14.1 Å². The first-order valence-electron chi connectivity index (χ1n) is 12.1.